The second-order valence-corrected chi connectivity index (χ2v) is 11.2. The van der Waals surface area contributed by atoms with Crippen LogP contribution in [0.2, 0.25) is 0 Å². The van der Waals surface area contributed by atoms with E-state index in [1.54, 1.807) is 25.4 Å². The number of piperazine rings is 1. The first-order valence-corrected chi connectivity index (χ1v) is 13.6. The molecular weight excluding hydrogens is 499 g/mol. The van der Waals surface area contributed by atoms with E-state index in [0.29, 0.717) is 11.1 Å². The van der Waals surface area contributed by atoms with Crippen molar-refractivity contribution in [1.29, 1.82) is 0 Å². The van der Waals surface area contributed by atoms with Crippen LogP contribution in [-0.2, 0) is 10.0 Å². The zero-order valence-electron chi connectivity index (χ0n) is 20.8. The van der Waals surface area contributed by atoms with E-state index >= 15 is 0 Å². The monoisotopic (exact) mass is 526 g/mol. The Morgan fingerprint density at radius 2 is 1.89 bits per heavy atom. The molecule has 1 saturated heterocycles. The zero-order valence-corrected chi connectivity index (χ0v) is 21.6. The van der Waals surface area contributed by atoms with Crippen molar-refractivity contribution in [1.82, 2.24) is 24.7 Å². The van der Waals surface area contributed by atoms with Crippen LogP contribution in [0.25, 0.3) is 16.6 Å². The number of aryl methyl sites for hydroxylation is 1. The lowest BCUT2D eigenvalue weighted by atomic mass is 10.0. The van der Waals surface area contributed by atoms with Crippen LogP contribution >= 0.6 is 0 Å². The van der Waals surface area contributed by atoms with Crippen LogP contribution in [0.4, 0.5) is 21.7 Å². The second kappa shape index (κ2) is 9.23. The van der Waals surface area contributed by atoms with E-state index in [1.165, 1.54) is 16.7 Å². The van der Waals surface area contributed by atoms with Crippen LogP contribution in [0.1, 0.15) is 29.9 Å². The molecule has 0 radical (unpaired) electrons. The number of aromatic nitrogens is 4. The van der Waals surface area contributed by atoms with Gasteiger partial charge in [0.15, 0.2) is 11.5 Å². The summed E-state index contributed by atoms with van der Waals surface area (Å²) in [5.41, 5.74) is 2.33. The van der Waals surface area contributed by atoms with Gasteiger partial charge in [0.1, 0.15) is 0 Å². The van der Waals surface area contributed by atoms with Crippen LogP contribution in [0.15, 0.2) is 36.8 Å². The van der Waals surface area contributed by atoms with E-state index in [9.17, 15) is 17.6 Å². The number of rotatable bonds is 5. The van der Waals surface area contributed by atoms with Crippen molar-refractivity contribution < 1.29 is 17.6 Å². The molecule has 0 bridgehead atoms. The van der Waals surface area contributed by atoms with Gasteiger partial charge in [-0.3, -0.25) is 9.52 Å². The molecule has 1 fully saturated rings. The van der Waals surface area contributed by atoms with E-state index < -0.39 is 21.7 Å². The fourth-order valence-electron chi connectivity index (χ4n) is 4.75. The SMILES string of the molecule is Cc1cn2cc(NC(=O)c3ccc(N4C[C@H](C)N[C@@H](C)C4)c4cnc(NS(C)(=O)=O)nc34)cc(F)c2n1. The van der Waals surface area contributed by atoms with E-state index in [1.807, 2.05) is 6.07 Å². The van der Waals surface area contributed by atoms with Gasteiger partial charge in [-0.1, -0.05) is 0 Å². The standard InChI is InChI=1S/C24H27FN8O3S/c1-13-9-32(10-14(2)27-13)20-6-5-17(21-18(20)8-26-24(30-21)31-37(4,35)36)23(34)29-16-7-19(25)22-28-15(3)11-33(22)12-16/h5-8,11-14,27H,9-10H2,1-4H3,(H,29,34)(H,26,30,31)/t13-,14-/m0/s1. The summed E-state index contributed by atoms with van der Waals surface area (Å²) >= 11 is 0. The third-order valence-corrected chi connectivity index (χ3v) is 6.59. The first-order valence-electron chi connectivity index (χ1n) is 11.7. The number of amides is 1. The van der Waals surface area contributed by atoms with Crippen molar-refractivity contribution in [3.63, 3.8) is 0 Å². The summed E-state index contributed by atoms with van der Waals surface area (Å²) in [5.74, 6) is -1.25. The normalized spacial score (nSPS) is 18.4. The lowest BCUT2D eigenvalue weighted by Crippen LogP contribution is -2.54. The van der Waals surface area contributed by atoms with Crippen LogP contribution in [-0.4, -0.2) is 65.1 Å². The van der Waals surface area contributed by atoms with Gasteiger partial charge in [-0.05, 0) is 32.9 Å². The van der Waals surface area contributed by atoms with Crippen molar-refractivity contribution in [3.05, 3.63) is 53.9 Å². The number of pyridine rings is 1. The molecule has 3 N–H and O–H groups in total. The fraction of sp³-hybridized carbons (Fsp3) is 0.333. The van der Waals surface area contributed by atoms with E-state index in [2.05, 4.69) is 49.1 Å². The highest BCUT2D eigenvalue weighted by atomic mass is 32.2. The molecule has 0 spiro atoms. The Balaban J connectivity index is 1.58. The number of imidazole rings is 1. The summed E-state index contributed by atoms with van der Waals surface area (Å²) in [6, 6.07) is 5.15. The molecule has 0 aliphatic carbocycles. The predicted molar refractivity (Wildman–Crippen MR) is 140 cm³/mol. The first-order chi connectivity index (χ1) is 17.5. The molecule has 2 atom stereocenters. The molecule has 194 valence electrons. The summed E-state index contributed by atoms with van der Waals surface area (Å²) in [7, 11) is -3.64. The molecule has 13 heteroatoms. The Bertz CT molecular complexity index is 1630. The third kappa shape index (κ3) is 5.18. The number of sulfonamides is 1. The zero-order chi connectivity index (χ0) is 26.5. The van der Waals surface area contributed by atoms with Crippen molar-refractivity contribution >= 4 is 49.8 Å². The van der Waals surface area contributed by atoms with Gasteiger partial charge in [0.2, 0.25) is 16.0 Å². The summed E-state index contributed by atoms with van der Waals surface area (Å²) in [6.07, 6.45) is 5.74. The number of nitrogens with zero attached hydrogens (tertiary/aromatic N) is 5. The minimum Gasteiger partial charge on any atom is -0.368 e. The van der Waals surface area contributed by atoms with E-state index in [0.717, 1.165) is 25.0 Å². The fourth-order valence-corrected chi connectivity index (χ4v) is 5.18. The quantitative estimate of drug-likeness (QED) is 0.361. The molecule has 37 heavy (non-hydrogen) atoms. The number of carbonyl (C=O) groups excluding carboxylic acids is 1. The molecule has 4 aromatic rings. The summed E-state index contributed by atoms with van der Waals surface area (Å²) < 4.78 is 41.9. The number of carbonyl (C=O) groups is 1. The number of hydrogen-bond donors (Lipinski definition) is 3. The van der Waals surface area contributed by atoms with Crippen molar-refractivity contribution in [2.75, 3.05) is 34.3 Å². The number of anilines is 3. The maximum Gasteiger partial charge on any atom is 0.257 e. The largest absolute Gasteiger partial charge is 0.368 e. The number of benzene rings is 1. The molecule has 1 aliphatic heterocycles. The van der Waals surface area contributed by atoms with Crippen molar-refractivity contribution in [2.45, 2.75) is 32.9 Å². The molecule has 1 amide bonds. The van der Waals surface area contributed by atoms with Crippen molar-refractivity contribution in [3.8, 4) is 0 Å². The molecule has 1 aliphatic rings. The molecule has 0 unspecified atom stereocenters. The van der Waals surface area contributed by atoms with Crippen LogP contribution < -0.4 is 20.3 Å². The first kappa shape index (κ1) is 24.8. The highest BCUT2D eigenvalue weighted by molar-refractivity contribution is 7.91. The summed E-state index contributed by atoms with van der Waals surface area (Å²) in [6.45, 7) is 7.40. The molecule has 11 nitrogen and oxygen atoms in total. The van der Waals surface area contributed by atoms with Crippen LogP contribution in [0.5, 0.6) is 0 Å². The highest BCUT2D eigenvalue weighted by Gasteiger charge is 2.25. The van der Waals surface area contributed by atoms with E-state index in [4.69, 9.17) is 0 Å². The molecule has 5 rings (SSSR count). The number of hydrogen-bond acceptors (Lipinski definition) is 8. The van der Waals surface area contributed by atoms with Gasteiger partial charge < -0.3 is 19.9 Å². The summed E-state index contributed by atoms with van der Waals surface area (Å²) in [4.78, 5) is 28.3. The van der Waals surface area contributed by atoms with Gasteiger partial charge in [0.05, 0.1) is 28.7 Å². The third-order valence-electron chi connectivity index (χ3n) is 6.03. The smallest absolute Gasteiger partial charge is 0.257 e. The second-order valence-electron chi connectivity index (χ2n) is 9.48. The topological polar surface area (TPSA) is 134 Å². The average molecular weight is 527 g/mol. The molecular formula is C24H27FN8O3S. The lowest BCUT2D eigenvalue weighted by molar-refractivity contribution is 0.102. The Morgan fingerprint density at radius 3 is 2.59 bits per heavy atom. The number of fused-ring (bicyclic) bond motifs is 2. The maximum atomic E-state index is 14.6. The average Bonchev–Trinajstić information content (AvgIpc) is 3.17. The minimum absolute atomic E-state index is 0.149. The van der Waals surface area contributed by atoms with Gasteiger partial charge in [-0.15, -0.1) is 0 Å². The Hall–Kier alpha value is -3.84. The van der Waals surface area contributed by atoms with Gasteiger partial charge in [0, 0.05) is 60.9 Å². The van der Waals surface area contributed by atoms with Crippen LogP contribution in [0, 0.1) is 12.7 Å². The van der Waals surface area contributed by atoms with Gasteiger partial charge in [-0.2, -0.15) is 0 Å². The molecule has 0 saturated carbocycles. The highest BCUT2D eigenvalue weighted by Crippen LogP contribution is 2.31. The molecule has 4 heterocycles. The van der Waals surface area contributed by atoms with Crippen LogP contribution in [0.3, 0.4) is 0 Å². The van der Waals surface area contributed by atoms with Gasteiger partial charge in [0.25, 0.3) is 5.91 Å². The molecule has 1 aromatic carbocycles. The number of nitrogens with one attached hydrogen (secondary N) is 3. The van der Waals surface area contributed by atoms with Gasteiger partial charge in [-0.25, -0.2) is 27.8 Å². The maximum absolute atomic E-state index is 14.6. The Morgan fingerprint density at radius 1 is 1.16 bits per heavy atom. The summed E-state index contributed by atoms with van der Waals surface area (Å²) in [5, 5.41) is 6.81. The Kier molecular flexibility index (Phi) is 6.20. The minimum atomic E-state index is -3.64. The van der Waals surface area contributed by atoms with Gasteiger partial charge >= 0.3 is 0 Å². The molecule has 3 aromatic heterocycles. The lowest BCUT2D eigenvalue weighted by Gasteiger charge is -2.38. The van der Waals surface area contributed by atoms with E-state index in [-0.39, 0.29) is 40.4 Å². The number of halogens is 1. The Labute approximate surface area is 213 Å². The van der Waals surface area contributed by atoms with Crippen molar-refractivity contribution in [2.24, 2.45) is 0 Å². The predicted octanol–water partition coefficient (Wildman–Crippen LogP) is 2.54.